The minimum absolute atomic E-state index is 0.146. The van der Waals surface area contributed by atoms with E-state index in [4.69, 9.17) is 23.2 Å². The third kappa shape index (κ3) is 5.34. The molecule has 0 saturated heterocycles. The minimum atomic E-state index is -0.593. The molecule has 2 aliphatic heterocycles. The molecule has 2 spiro atoms. The fourth-order valence-corrected chi connectivity index (χ4v) is 15.9. The smallest absolute Gasteiger partial charge is 0.252 e. The highest BCUT2D eigenvalue weighted by atomic mass is 35.5. The van der Waals surface area contributed by atoms with Crippen molar-refractivity contribution in [2.24, 2.45) is 0 Å². The molecule has 362 valence electrons. The zero-order valence-corrected chi connectivity index (χ0v) is 44.2. The Morgan fingerprint density at radius 2 is 0.636 bits per heavy atom. The van der Waals surface area contributed by atoms with Crippen LogP contribution in [0.25, 0.3) is 44.5 Å². The second kappa shape index (κ2) is 15.2. The predicted molar refractivity (Wildman–Crippen MR) is 322 cm³/mol. The van der Waals surface area contributed by atoms with Crippen molar-refractivity contribution >= 4 is 80.4 Å². The molecule has 0 radical (unpaired) electrons. The van der Waals surface area contributed by atoms with E-state index in [-0.39, 0.29) is 12.1 Å². The molecule has 0 saturated carbocycles. The largest absolute Gasteiger partial charge is 0.311 e. The maximum absolute atomic E-state index is 7.34. The Labute approximate surface area is 459 Å². The maximum Gasteiger partial charge on any atom is 0.252 e. The molecule has 6 aliphatic rings. The Balaban J connectivity index is 1.01. The van der Waals surface area contributed by atoms with E-state index in [0.717, 1.165) is 34.1 Å². The molecule has 17 rings (SSSR count). The molecule has 5 heteroatoms. The molecule has 4 aliphatic carbocycles. The van der Waals surface area contributed by atoms with Gasteiger partial charge in [0.05, 0.1) is 22.2 Å². The van der Waals surface area contributed by atoms with Gasteiger partial charge < -0.3 is 9.80 Å². The molecular formula is C72H47BCl2N2. The summed E-state index contributed by atoms with van der Waals surface area (Å²) in [5.74, 6) is 0. The van der Waals surface area contributed by atoms with Crippen LogP contribution in [0, 0.1) is 0 Å². The number of rotatable bonds is 2. The SMILES string of the molecule is CC(C)(C)c1cc2c3c(c1)N(c1cccc4c1C1(c5ccccc5-c5ccccc51)c1ccccc1-4)c1cc(Cl)ccc1B3c1ccc(Cl)cc1N2c1cccc2c1C1(c3ccccc3-c3ccccc31)c1ccccc1-2. The van der Waals surface area contributed by atoms with Crippen LogP contribution in [0.1, 0.15) is 70.8 Å². The summed E-state index contributed by atoms with van der Waals surface area (Å²) in [6, 6.07) is 87.0. The predicted octanol–water partition coefficient (Wildman–Crippen LogP) is 17.1. The van der Waals surface area contributed by atoms with E-state index in [0.29, 0.717) is 10.0 Å². The summed E-state index contributed by atoms with van der Waals surface area (Å²) in [6.07, 6.45) is 0. The van der Waals surface area contributed by atoms with Gasteiger partial charge in [-0.05, 0) is 154 Å². The van der Waals surface area contributed by atoms with Crippen LogP contribution in [0.3, 0.4) is 0 Å². The molecule has 11 aromatic rings. The number of hydrogen-bond donors (Lipinski definition) is 0. The lowest BCUT2D eigenvalue weighted by Gasteiger charge is -2.47. The topological polar surface area (TPSA) is 6.48 Å². The summed E-state index contributed by atoms with van der Waals surface area (Å²) in [5, 5.41) is 1.39. The van der Waals surface area contributed by atoms with Crippen molar-refractivity contribution in [3.63, 3.8) is 0 Å². The fourth-order valence-electron chi connectivity index (χ4n) is 15.5. The van der Waals surface area contributed by atoms with Gasteiger partial charge in [-0.25, -0.2) is 0 Å². The lowest BCUT2D eigenvalue weighted by atomic mass is 9.33. The lowest BCUT2D eigenvalue weighted by Crippen LogP contribution is -2.61. The second-order valence-corrected chi connectivity index (χ2v) is 23.7. The first-order chi connectivity index (χ1) is 37.7. The average molecular weight is 1020 g/mol. The van der Waals surface area contributed by atoms with Crippen molar-refractivity contribution in [1.29, 1.82) is 0 Å². The van der Waals surface area contributed by atoms with Crippen LogP contribution >= 0.6 is 23.2 Å². The highest BCUT2D eigenvalue weighted by Crippen LogP contribution is 2.68. The van der Waals surface area contributed by atoms with Gasteiger partial charge >= 0.3 is 0 Å². The van der Waals surface area contributed by atoms with Crippen LogP contribution in [-0.4, -0.2) is 6.71 Å². The van der Waals surface area contributed by atoms with Crippen molar-refractivity contribution < 1.29 is 0 Å². The summed E-state index contributed by atoms with van der Waals surface area (Å²) < 4.78 is 0. The molecule has 0 bridgehead atoms. The van der Waals surface area contributed by atoms with Gasteiger partial charge in [-0.3, -0.25) is 0 Å². The van der Waals surface area contributed by atoms with Gasteiger partial charge in [0.15, 0.2) is 0 Å². The lowest BCUT2D eigenvalue weighted by molar-refractivity contribution is 0.590. The zero-order valence-electron chi connectivity index (χ0n) is 42.7. The first-order valence-electron chi connectivity index (χ1n) is 26.9. The van der Waals surface area contributed by atoms with Crippen LogP contribution in [0.2, 0.25) is 10.0 Å². The third-order valence-electron chi connectivity index (χ3n) is 18.3. The third-order valence-corrected chi connectivity index (χ3v) is 18.8. The first kappa shape index (κ1) is 43.9. The van der Waals surface area contributed by atoms with Gasteiger partial charge in [-0.1, -0.05) is 226 Å². The number of fused-ring (bicyclic) bond motifs is 24. The molecule has 0 fully saturated rings. The van der Waals surface area contributed by atoms with E-state index >= 15 is 0 Å². The van der Waals surface area contributed by atoms with Crippen LogP contribution in [0.5, 0.6) is 0 Å². The van der Waals surface area contributed by atoms with Crippen LogP contribution in [0.15, 0.2) is 231 Å². The highest BCUT2D eigenvalue weighted by molar-refractivity contribution is 7.00. The van der Waals surface area contributed by atoms with Gasteiger partial charge in [0.1, 0.15) is 0 Å². The molecule has 11 aromatic carbocycles. The normalized spacial score (nSPS) is 15.2. The Hall–Kier alpha value is -8.34. The summed E-state index contributed by atoms with van der Waals surface area (Å²) in [5.41, 5.74) is 30.8. The van der Waals surface area contributed by atoms with E-state index in [1.54, 1.807) is 0 Å². The number of anilines is 6. The number of benzene rings is 11. The van der Waals surface area contributed by atoms with Crippen LogP contribution in [0.4, 0.5) is 34.1 Å². The average Bonchev–Trinajstić information content (AvgIpc) is 2.84. The monoisotopic (exact) mass is 1020 g/mol. The Kier molecular flexibility index (Phi) is 8.66. The van der Waals surface area contributed by atoms with Gasteiger partial charge in [0.25, 0.3) is 6.71 Å². The number of halogens is 2. The van der Waals surface area contributed by atoms with Crippen molar-refractivity contribution in [3.05, 3.63) is 291 Å². The highest BCUT2D eigenvalue weighted by Gasteiger charge is 2.56. The van der Waals surface area contributed by atoms with E-state index in [9.17, 15) is 0 Å². The molecule has 0 amide bonds. The summed E-state index contributed by atoms with van der Waals surface area (Å²) in [4.78, 5) is 5.22. The Bertz CT molecular complexity index is 4070. The number of nitrogens with zero attached hydrogens (tertiary/aromatic N) is 2. The molecule has 2 heterocycles. The summed E-state index contributed by atoms with van der Waals surface area (Å²) in [7, 11) is 0. The van der Waals surface area contributed by atoms with Gasteiger partial charge in [-0.2, -0.15) is 0 Å². The zero-order chi connectivity index (χ0) is 51.3. The van der Waals surface area contributed by atoms with E-state index in [1.165, 1.54) is 111 Å². The van der Waals surface area contributed by atoms with E-state index in [1.807, 2.05) is 0 Å². The van der Waals surface area contributed by atoms with Gasteiger partial charge in [-0.15, -0.1) is 0 Å². The van der Waals surface area contributed by atoms with Crippen molar-refractivity contribution in [2.45, 2.75) is 37.0 Å². The first-order valence-corrected chi connectivity index (χ1v) is 27.7. The molecule has 77 heavy (non-hydrogen) atoms. The number of hydrogen-bond acceptors (Lipinski definition) is 2. The maximum atomic E-state index is 7.34. The van der Waals surface area contributed by atoms with Gasteiger partial charge in [0.2, 0.25) is 0 Å². The Morgan fingerprint density at radius 1 is 0.325 bits per heavy atom. The molecule has 2 nitrogen and oxygen atoms in total. The fraction of sp³-hybridized carbons (Fsp3) is 0.0833. The Morgan fingerprint density at radius 3 is 0.974 bits per heavy atom. The molecule has 0 N–H and O–H groups in total. The molecule has 0 aromatic heterocycles. The van der Waals surface area contributed by atoms with Crippen LogP contribution in [-0.2, 0) is 16.2 Å². The quantitative estimate of drug-likeness (QED) is 0.159. The van der Waals surface area contributed by atoms with Crippen LogP contribution < -0.4 is 26.2 Å². The minimum Gasteiger partial charge on any atom is -0.311 e. The van der Waals surface area contributed by atoms with Crippen molar-refractivity contribution in [1.82, 2.24) is 0 Å². The molecular weight excluding hydrogens is 975 g/mol. The second-order valence-electron chi connectivity index (χ2n) is 22.9. The molecule has 0 unspecified atom stereocenters. The van der Waals surface area contributed by atoms with Gasteiger partial charge in [0, 0.05) is 43.9 Å². The van der Waals surface area contributed by atoms with Crippen molar-refractivity contribution in [3.8, 4) is 44.5 Å². The van der Waals surface area contributed by atoms with E-state index in [2.05, 4.69) is 261 Å². The summed E-state index contributed by atoms with van der Waals surface area (Å²) >= 11 is 14.7. The standard InChI is InChI=1S/C72H47BCl2N2/c1-70(2,3)42-38-65-69-66(39-42)77(62-33-17-25-52-50-23-9-15-31-58(50)72(68(52)62)55-28-12-6-20-47(55)48-21-7-13-29-56(48)72)64-41-44(75)35-37-60(64)73(69)59-36-34-43(74)40-63(59)76(65)61-32-16-24-51-49-22-8-14-30-57(49)71(67(51)61)53-26-10-4-18-45(53)46-19-5-11-27-54(46)71/h4-41H,1-3H3. The van der Waals surface area contributed by atoms with E-state index < -0.39 is 10.8 Å². The summed E-state index contributed by atoms with van der Waals surface area (Å²) in [6.45, 7) is 6.91. The molecule has 0 atom stereocenters. The van der Waals surface area contributed by atoms with Crippen molar-refractivity contribution in [2.75, 3.05) is 9.80 Å².